The van der Waals surface area contributed by atoms with Gasteiger partial charge in [-0.1, -0.05) is 19.1 Å². The first-order valence-corrected chi connectivity index (χ1v) is 6.89. The van der Waals surface area contributed by atoms with Gasteiger partial charge in [0.1, 0.15) is 5.75 Å². The molecule has 1 saturated heterocycles. The Morgan fingerprint density at radius 1 is 1.48 bits per heavy atom. The number of carboxylic acids is 1. The Bertz CT molecular complexity index is 526. The number of hydrogen-bond acceptors (Lipinski definition) is 3. The number of ether oxygens (including phenoxy) is 1. The fourth-order valence-corrected chi connectivity index (χ4v) is 2.27. The normalized spacial score (nSPS) is 16.0. The molecule has 21 heavy (non-hydrogen) atoms. The molecule has 1 fully saturated rings. The monoisotopic (exact) mass is 292 g/mol. The molecule has 114 valence electrons. The third-order valence-corrected chi connectivity index (χ3v) is 3.87. The quantitative estimate of drug-likeness (QED) is 0.863. The van der Waals surface area contributed by atoms with Crippen LogP contribution in [-0.4, -0.2) is 42.2 Å². The SMILES string of the molecule is COc1cccc(CNC(=O)N2CC(C(C)C(=O)O)C2)c1. The first-order valence-electron chi connectivity index (χ1n) is 6.89. The number of benzene rings is 1. The number of rotatable bonds is 5. The van der Waals surface area contributed by atoms with E-state index in [1.54, 1.807) is 18.9 Å². The average molecular weight is 292 g/mol. The van der Waals surface area contributed by atoms with Crippen molar-refractivity contribution in [1.29, 1.82) is 0 Å². The topological polar surface area (TPSA) is 78.9 Å². The number of hydrogen-bond donors (Lipinski definition) is 2. The highest BCUT2D eigenvalue weighted by atomic mass is 16.5. The smallest absolute Gasteiger partial charge is 0.317 e. The largest absolute Gasteiger partial charge is 0.497 e. The van der Waals surface area contributed by atoms with Gasteiger partial charge in [0.2, 0.25) is 0 Å². The third kappa shape index (κ3) is 3.65. The second kappa shape index (κ2) is 6.47. The van der Waals surface area contributed by atoms with Gasteiger partial charge < -0.3 is 20.1 Å². The molecule has 0 bridgehead atoms. The molecule has 6 heteroatoms. The summed E-state index contributed by atoms with van der Waals surface area (Å²) in [6, 6.07) is 7.33. The molecule has 1 aromatic rings. The van der Waals surface area contributed by atoms with Gasteiger partial charge in [-0.25, -0.2) is 4.79 Å². The maximum Gasteiger partial charge on any atom is 0.317 e. The van der Waals surface area contributed by atoms with E-state index in [2.05, 4.69) is 5.32 Å². The number of nitrogens with zero attached hydrogens (tertiary/aromatic N) is 1. The number of urea groups is 1. The van der Waals surface area contributed by atoms with Gasteiger partial charge in [-0.2, -0.15) is 0 Å². The van der Waals surface area contributed by atoms with E-state index >= 15 is 0 Å². The van der Waals surface area contributed by atoms with E-state index in [1.165, 1.54) is 0 Å². The summed E-state index contributed by atoms with van der Waals surface area (Å²) >= 11 is 0. The summed E-state index contributed by atoms with van der Waals surface area (Å²) in [5.74, 6) is -0.421. The van der Waals surface area contributed by atoms with Crippen molar-refractivity contribution in [2.45, 2.75) is 13.5 Å². The predicted molar refractivity (Wildman–Crippen MR) is 77.1 cm³/mol. The Morgan fingerprint density at radius 3 is 2.81 bits per heavy atom. The summed E-state index contributed by atoms with van der Waals surface area (Å²) in [5, 5.41) is 11.7. The van der Waals surface area contributed by atoms with Crippen LogP contribution >= 0.6 is 0 Å². The van der Waals surface area contributed by atoms with Crippen molar-refractivity contribution in [3.8, 4) is 5.75 Å². The number of nitrogens with one attached hydrogen (secondary N) is 1. The lowest BCUT2D eigenvalue weighted by Gasteiger charge is -2.41. The second-order valence-corrected chi connectivity index (χ2v) is 5.30. The molecule has 2 amide bonds. The summed E-state index contributed by atoms with van der Waals surface area (Å²) < 4.78 is 5.13. The maximum atomic E-state index is 11.9. The van der Waals surface area contributed by atoms with E-state index in [0.29, 0.717) is 19.6 Å². The number of likely N-dealkylation sites (tertiary alicyclic amines) is 1. The van der Waals surface area contributed by atoms with E-state index in [-0.39, 0.29) is 11.9 Å². The van der Waals surface area contributed by atoms with Crippen LogP contribution in [0.15, 0.2) is 24.3 Å². The Hall–Kier alpha value is -2.24. The van der Waals surface area contributed by atoms with Crippen LogP contribution in [0.4, 0.5) is 4.79 Å². The minimum absolute atomic E-state index is 0.0464. The van der Waals surface area contributed by atoms with Crippen molar-refractivity contribution in [1.82, 2.24) is 10.2 Å². The Morgan fingerprint density at radius 2 is 2.19 bits per heavy atom. The standard InChI is InChI=1S/C15H20N2O4/c1-10(14(18)19)12-8-17(9-12)15(20)16-7-11-4-3-5-13(6-11)21-2/h3-6,10,12H,7-9H2,1-2H3,(H,16,20)(H,18,19). The van der Waals surface area contributed by atoms with Gasteiger partial charge in [0.15, 0.2) is 0 Å². The van der Waals surface area contributed by atoms with Gasteiger partial charge in [-0.05, 0) is 17.7 Å². The number of aliphatic carboxylic acids is 1. The van der Waals surface area contributed by atoms with Crippen LogP contribution in [0.5, 0.6) is 5.75 Å². The highest BCUT2D eigenvalue weighted by Gasteiger charge is 2.36. The van der Waals surface area contributed by atoms with Crippen LogP contribution in [0.25, 0.3) is 0 Å². The highest BCUT2D eigenvalue weighted by Crippen LogP contribution is 2.24. The lowest BCUT2D eigenvalue weighted by molar-refractivity contribution is -0.144. The Labute approximate surface area is 123 Å². The lowest BCUT2D eigenvalue weighted by Crippen LogP contribution is -2.56. The average Bonchev–Trinajstić information content (AvgIpc) is 2.43. The Kier molecular flexibility index (Phi) is 4.67. The van der Waals surface area contributed by atoms with E-state index < -0.39 is 11.9 Å². The van der Waals surface area contributed by atoms with E-state index in [9.17, 15) is 9.59 Å². The maximum absolute atomic E-state index is 11.9. The second-order valence-electron chi connectivity index (χ2n) is 5.30. The summed E-state index contributed by atoms with van der Waals surface area (Å²) in [6.45, 7) is 3.10. The fraction of sp³-hybridized carbons (Fsp3) is 0.467. The number of carbonyl (C=O) groups excluding carboxylic acids is 1. The van der Waals surface area contributed by atoms with Gasteiger partial charge in [0, 0.05) is 25.6 Å². The number of carboxylic acid groups (broad SMARTS) is 1. The summed E-state index contributed by atoms with van der Waals surface area (Å²) in [5.41, 5.74) is 0.957. The number of carbonyl (C=O) groups is 2. The molecule has 1 aromatic carbocycles. The molecule has 0 spiro atoms. The molecular formula is C15H20N2O4. The zero-order valence-electron chi connectivity index (χ0n) is 12.2. The van der Waals surface area contributed by atoms with E-state index in [0.717, 1.165) is 11.3 Å². The molecule has 1 unspecified atom stereocenters. The van der Waals surface area contributed by atoms with Crippen LogP contribution in [-0.2, 0) is 11.3 Å². The third-order valence-electron chi connectivity index (χ3n) is 3.87. The van der Waals surface area contributed by atoms with Gasteiger partial charge in [-0.15, -0.1) is 0 Å². The molecule has 0 aromatic heterocycles. The van der Waals surface area contributed by atoms with Gasteiger partial charge in [0.25, 0.3) is 0 Å². The van der Waals surface area contributed by atoms with Crippen molar-refractivity contribution < 1.29 is 19.4 Å². The molecule has 2 rings (SSSR count). The molecule has 0 saturated carbocycles. The van der Waals surface area contributed by atoms with Crippen molar-refractivity contribution in [2.24, 2.45) is 11.8 Å². The molecular weight excluding hydrogens is 272 g/mol. The summed E-state index contributed by atoms with van der Waals surface area (Å²) in [7, 11) is 1.60. The van der Waals surface area contributed by atoms with Crippen molar-refractivity contribution in [2.75, 3.05) is 20.2 Å². The van der Waals surface area contributed by atoms with Crippen LogP contribution in [0.1, 0.15) is 12.5 Å². The van der Waals surface area contributed by atoms with E-state index in [4.69, 9.17) is 9.84 Å². The molecule has 1 heterocycles. The molecule has 1 aliphatic rings. The van der Waals surface area contributed by atoms with Crippen molar-refractivity contribution in [3.05, 3.63) is 29.8 Å². The molecule has 1 atom stereocenters. The minimum atomic E-state index is -0.809. The number of amides is 2. The molecule has 6 nitrogen and oxygen atoms in total. The van der Waals surface area contributed by atoms with E-state index in [1.807, 2.05) is 24.3 Å². The first-order chi connectivity index (χ1) is 10.0. The zero-order valence-corrected chi connectivity index (χ0v) is 12.2. The lowest BCUT2D eigenvalue weighted by atomic mass is 9.87. The minimum Gasteiger partial charge on any atom is -0.497 e. The number of methoxy groups -OCH3 is 1. The molecule has 0 aliphatic carbocycles. The van der Waals surface area contributed by atoms with Gasteiger partial charge in [0.05, 0.1) is 13.0 Å². The zero-order chi connectivity index (χ0) is 15.4. The molecule has 1 aliphatic heterocycles. The van der Waals surface area contributed by atoms with Crippen LogP contribution in [0.3, 0.4) is 0 Å². The Balaban J connectivity index is 1.77. The predicted octanol–water partition coefficient (Wildman–Crippen LogP) is 1.56. The summed E-state index contributed by atoms with van der Waals surface area (Å²) in [6.07, 6.45) is 0. The van der Waals surface area contributed by atoms with Gasteiger partial charge >= 0.3 is 12.0 Å². The molecule has 0 radical (unpaired) electrons. The van der Waals surface area contributed by atoms with Crippen LogP contribution in [0, 0.1) is 11.8 Å². The van der Waals surface area contributed by atoms with Crippen molar-refractivity contribution in [3.63, 3.8) is 0 Å². The van der Waals surface area contributed by atoms with Gasteiger partial charge in [-0.3, -0.25) is 4.79 Å². The van der Waals surface area contributed by atoms with Crippen LogP contribution in [0.2, 0.25) is 0 Å². The van der Waals surface area contributed by atoms with Crippen LogP contribution < -0.4 is 10.1 Å². The van der Waals surface area contributed by atoms with Crippen molar-refractivity contribution >= 4 is 12.0 Å². The highest BCUT2D eigenvalue weighted by molar-refractivity contribution is 5.76. The molecule has 2 N–H and O–H groups in total. The fourth-order valence-electron chi connectivity index (χ4n) is 2.27. The first kappa shape index (κ1) is 15.2. The summed E-state index contributed by atoms with van der Waals surface area (Å²) in [4.78, 5) is 24.4.